The third-order valence-corrected chi connectivity index (χ3v) is 4.60. The maximum atomic E-state index is 12.1. The average molecular weight is 314 g/mol. The van der Waals surface area contributed by atoms with Crippen LogP contribution in [-0.2, 0) is 15.5 Å². The third kappa shape index (κ3) is 2.51. The highest BCUT2D eigenvalue weighted by Crippen LogP contribution is 2.45. The molecule has 1 aromatic carbocycles. The van der Waals surface area contributed by atoms with Crippen LogP contribution in [0.4, 0.5) is 0 Å². The van der Waals surface area contributed by atoms with E-state index in [1.54, 1.807) is 13.8 Å². The number of esters is 1. The minimum atomic E-state index is -1.87. The summed E-state index contributed by atoms with van der Waals surface area (Å²) in [6, 6.07) is 1.34. The molecule has 0 saturated heterocycles. The predicted molar refractivity (Wildman–Crippen MR) is 77.1 cm³/mol. The SMILES string of the molecule is COc1cc(O)c2c(c1C)[C@H](C)[C@](O)(C[S@@](C)=O)OC2=O. The maximum Gasteiger partial charge on any atom is 0.344 e. The van der Waals surface area contributed by atoms with Crippen molar-refractivity contribution in [3.8, 4) is 11.5 Å². The molecule has 3 atom stereocenters. The fourth-order valence-electron chi connectivity index (χ4n) is 2.70. The fourth-order valence-corrected chi connectivity index (χ4v) is 3.59. The Hall–Kier alpha value is -1.60. The Morgan fingerprint density at radius 1 is 1.52 bits per heavy atom. The third-order valence-electron chi connectivity index (χ3n) is 3.78. The molecule has 2 N–H and O–H groups in total. The van der Waals surface area contributed by atoms with Crippen molar-refractivity contribution in [2.24, 2.45) is 0 Å². The van der Waals surface area contributed by atoms with Crippen LogP contribution in [0.25, 0.3) is 0 Å². The van der Waals surface area contributed by atoms with Crippen molar-refractivity contribution in [3.63, 3.8) is 0 Å². The van der Waals surface area contributed by atoms with Crippen LogP contribution >= 0.6 is 0 Å². The molecule has 0 spiro atoms. The first kappa shape index (κ1) is 15.8. The molecule has 1 heterocycles. The number of phenolic OH excluding ortho intramolecular Hbond substituents is 1. The van der Waals surface area contributed by atoms with Gasteiger partial charge in [0.1, 0.15) is 17.1 Å². The number of cyclic esters (lactones) is 1. The number of aliphatic hydroxyl groups is 1. The maximum absolute atomic E-state index is 12.1. The summed E-state index contributed by atoms with van der Waals surface area (Å²) in [5.41, 5.74) is 1.11. The second kappa shape index (κ2) is 5.31. The number of phenols is 1. The molecule has 2 rings (SSSR count). The van der Waals surface area contributed by atoms with Crippen molar-refractivity contribution in [3.05, 3.63) is 22.8 Å². The molecular formula is C14H18O6S. The van der Waals surface area contributed by atoms with Crippen LogP contribution in [0.5, 0.6) is 11.5 Å². The van der Waals surface area contributed by atoms with Gasteiger partial charge in [-0.05, 0) is 18.1 Å². The Kier molecular flexibility index (Phi) is 3.99. The second-order valence-electron chi connectivity index (χ2n) is 5.19. The number of hydrogen-bond donors (Lipinski definition) is 2. The number of benzene rings is 1. The van der Waals surface area contributed by atoms with Crippen molar-refractivity contribution in [1.82, 2.24) is 0 Å². The van der Waals surface area contributed by atoms with Crippen LogP contribution in [0.15, 0.2) is 6.07 Å². The molecule has 1 aliphatic rings. The highest BCUT2D eigenvalue weighted by Gasteiger charge is 2.48. The van der Waals surface area contributed by atoms with Crippen LogP contribution < -0.4 is 4.74 Å². The average Bonchev–Trinajstić information content (AvgIpc) is 2.37. The summed E-state index contributed by atoms with van der Waals surface area (Å²) in [6.07, 6.45) is 1.42. The van der Waals surface area contributed by atoms with Crippen LogP contribution in [0, 0.1) is 6.92 Å². The summed E-state index contributed by atoms with van der Waals surface area (Å²) in [5.74, 6) is -3.39. The monoisotopic (exact) mass is 314 g/mol. The van der Waals surface area contributed by atoms with Crippen LogP contribution in [0.2, 0.25) is 0 Å². The molecular weight excluding hydrogens is 296 g/mol. The van der Waals surface area contributed by atoms with E-state index in [0.29, 0.717) is 16.9 Å². The Morgan fingerprint density at radius 3 is 2.67 bits per heavy atom. The quantitative estimate of drug-likeness (QED) is 0.810. The number of ether oxygens (including phenoxy) is 2. The number of carbonyl (C=O) groups is 1. The zero-order chi connectivity index (χ0) is 15.9. The lowest BCUT2D eigenvalue weighted by Gasteiger charge is -2.38. The topological polar surface area (TPSA) is 93.1 Å². The van der Waals surface area contributed by atoms with Gasteiger partial charge in [-0.2, -0.15) is 0 Å². The van der Waals surface area contributed by atoms with Crippen molar-refractivity contribution in [2.75, 3.05) is 19.1 Å². The van der Waals surface area contributed by atoms with Gasteiger partial charge in [-0.1, -0.05) is 6.92 Å². The van der Waals surface area contributed by atoms with E-state index in [-0.39, 0.29) is 17.1 Å². The van der Waals surface area contributed by atoms with Crippen LogP contribution in [0.3, 0.4) is 0 Å². The molecule has 0 bridgehead atoms. The van der Waals surface area contributed by atoms with E-state index >= 15 is 0 Å². The number of hydrogen-bond acceptors (Lipinski definition) is 6. The number of rotatable bonds is 3. The molecule has 0 aliphatic carbocycles. The van der Waals surface area contributed by atoms with Gasteiger partial charge in [-0.15, -0.1) is 0 Å². The van der Waals surface area contributed by atoms with Gasteiger partial charge in [0.25, 0.3) is 0 Å². The zero-order valence-electron chi connectivity index (χ0n) is 12.3. The van der Waals surface area contributed by atoms with Gasteiger partial charge in [0.15, 0.2) is 0 Å². The molecule has 1 aliphatic heterocycles. The predicted octanol–water partition coefficient (Wildman–Crippen LogP) is 1.05. The van der Waals surface area contributed by atoms with E-state index in [9.17, 15) is 19.2 Å². The molecule has 0 saturated carbocycles. The molecule has 0 fully saturated rings. The number of methoxy groups -OCH3 is 1. The van der Waals surface area contributed by atoms with Gasteiger partial charge in [-0.25, -0.2) is 4.79 Å². The van der Waals surface area contributed by atoms with E-state index in [2.05, 4.69) is 0 Å². The Bertz CT molecular complexity index is 626. The van der Waals surface area contributed by atoms with Crippen molar-refractivity contribution in [2.45, 2.75) is 25.6 Å². The lowest BCUT2D eigenvalue weighted by atomic mass is 9.83. The van der Waals surface area contributed by atoms with E-state index in [1.807, 2.05) is 0 Å². The lowest BCUT2D eigenvalue weighted by Crippen LogP contribution is -2.48. The van der Waals surface area contributed by atoms with E-state index in [0.717, 1.165) is 0 Å². The molecule has 6 nitrogen and oxygen atoms in total. The molecule has 7 heteroatoms. The van der Waals surface area contributed by atoms with Gasteiger partial charge in [0.2, 0.25) is 5.79 Å². The summed E-state index contributed by atoms with van der Waals surface area (Å²) in [6.45, 7) is 3.39. The highest BCUT2D eigenvalue weighted by atomic mass is 32.2. The fraction of sp³-hybridized carbons (Fsp3) is 0.500. The molecule has 0 unspecified atom stereocenters. The summed E-state index contributed by atoms with van der Waals surface area (Å²) in [7, 11) is 0.0967. The van der Waals surface area contributed by atoms with E-state index < -0.39 is 28.5 Å². The first-order chi connectivity index (χ1) is 9.71. The van der Waals surface area contributed by atoms with Crippen LogP contribution in [0.1, 0.15) is 34.3 Å². The van der Waals surface area contributed by atoms with Gasteiger partial charge >= 0.3 is 5.97 Å². The smallest absolute Gasteiger partial charge is 0.344 e. The largest absolute Gasteiger partial charge is 0.507 e. The normalized spacial score (nSPS) is 26.0. The number of carbonyl (C=O) groups excluding carboxylic acids is 1. The first-order valence-electron chi connectivity index (χ1n) is 6.37. The second-order valence-corrected chi connectivity index (χ2v) is 6.62. The standard InChI is InChI=1S/C14H18O6S/c1-7-10(19-3)5-9(15)12-11(7)8(2)14(17,6-21(4)18)20-13(12)16/h5,8,15,17H,6H2,1-4H3/t8-,14-,21+/m0/s1. The van der Waals surface area contributed by atoms with Gasteiger partial charge in [-0.3, -0.25) is 4.21 Å². The molecule has 21 heavy (non-hydrogen) atoms. The molecule has 116 valence electrons. The van der Waals surface area contributed by atoms with Gasteiger partial charge < -0.3 is 19.7 Å². The minimum absolute atomic E-state index is 0.0207. The highest BCUT2D eigenvalue weighted by molar-refractivity contribution is 7.84. The van der Waals surface area contributed by atoms with Crippen molar-refractivity contribution < 1.29 is 28.7 Å². The summed E-state index contributed by atoms with van der Waals surface area (Å²) >= 11 is 0. The van der Waals surface area contributed by atoms with Crippen LogP contribution in [-0.4, -0.2) is 45.3 Å². The van der Waals surface area contributed by atoms with Gasteiger partial charge in [0, 0.05) is 29.0 Å². The lowest BCUT2D eigenvalue weighted by molar-refractivity contribution is -0.166. The Balaban J connectivity index is 2.67. The zero-order valence-corrected chi connectivity index (χ0v) is 13.1. The summed E-state index contributed by atoms with van der Waals surface area (Å²) < 4.78 is 21.7. The Morgan fingerprint density at radius 2 is 2.14 bits per heavy atom. The van der Waals surface area contributed by atoms with E-state index in [1.165, 1.54) is 19.4 Å². The van der Waals surface area contributed by atoms with E-state index in [4.69, 9.17) is 9.47 Å². The Labute approximate surface area is 125 Å². The molecule has 1 aromatic rings. The summed E-state index contributed by atoms with van der Waals surface area (Å²) in [5, 5.41) is 20.6. The minimum Gasteiger partial charge on any atom is -0.507 e. The van der Waals surface area contributed by atoms with Crippen molar-refractivity contribution >= 4 is 16.8 Å². The number of fused-ring (bicyclic) bond motifs is 1. The molecule has 0 aromatic heterocycles. The molecule has 0 amide bonds. The first-order valence-corrected chi connectivity index (χ1v) is 8.10. The summed E-state index contributed by atoms with van der Waals surface area (Å²) in [4.78, 5) is 12.1. The molecule has 0 radical (unpaired) electrons. The van der Waals surface area contributed by atoms with Gasteiger partial charge in [0.05, 0.1) is 12.9 Å². The number of aromatic hydroxyl groups is 1. The van der Waals surface area contributed by atoms with Crippen molar-refractivity contribution in [1.29, 1.82) is 0 Å².